The third kappa shape index (κ3) is 3.47. The molecule has 4 rings (SSSR count). The first-order valence-electron chi connectivity index (χ1n) is 9.18. The fourth-order valence-electron chi connectivity index (χ4n) is 3.49. The zero-order chi connectivity index (χ0) is 22.3. The Morgan fingerprint density at radius 3 is 2.81 bits per heavy atom. The number of halogens is 3. The van der Waals surface area contributed by atoms with Crippen molar-refractivity contribution in [2.24, 2.45) is 0 Å². The molecule has 0 radical (unpaired) electrons. The van der Waals surface area contributed by atoms with Gasteiger partial charge in [-0.1, -0.05) is 0 Å². The molecule has 0 spiro atoms. The van der Waals surface area contributed by atoms with E-state index >= 15 is 0 Å². The van der Waals surface area contributed by atoms with Crippen LogP contribution in [0.2, 0.25) is 0 Å². The Labute approximate surface area is 174 Å². The van der Waals surface area contributed by atoms with E-state index in [1.54, 1.807) is 7.05 Å². The molecule has 1 aromatic carbocycles. The van der Waals surface area contributed by atoms with Gasteiger partial charge in [0.2, 0.25) is 0 Å². The van der Waals surface area contributed by atoms with Crippen molar-refractivity contribution >= 4 is 40.2 Å². The maximum absolute atomic E-state index is 13.2. The van der Waals surface area contributed by atoms with Crippen molar-refractivity contribution in [3.63, 3.8) is 0 Å². The van der Waals surface area contributed by atoms with Crippen molar-refractivity contribution in [3.8, 4) is 5.75 Å². The molecule has 0 fully saturated rings. The largest absolute Gasteiger partial charge is 0.490 e. The van der Waals surface area contributed by atoms with Gasteiger partial charge in [0.25, 0.3) is 5.91 Å². The van der Waals surface area contributed by atoms with E-state index < -0.39 is 17.6 Å². The molecule has 160 valence electrons. The second-order valence-corrected chi connectivity index (χ2v) is 6.75. The number of rotatable bonds is 3. The number of anilines is 3. The summed E-state index contributed by atoms with van der Waals surface area (Å²) in [4.78, 5) is 22.9. The smallest absolute Gasteiger partial charge is 0.416 e. The van der Waals surface area contributed by atoms with E-state index in [4.69, 9.17) is 15.9 Å². The number of hydrogen-bond acceptors (Lipinski definition) is 7. The van der Waals surface area contributed by atoms with Crippen LogP contribution in [0.15, 0.2) is 30.5 Å². The first-order chi connectivity index (χ1) is 14.7. The highest BCUT2D eigenvalue weighted by Crippen LogP contribution is 2.39. The highest BCUT2D eigenvalue weighted by Gasteiger charge is 2.33. The van der Waals surface area contributed by atoms with E-state index in [1.807, 2.05) is 0 Å². The van der Waals surface area contributed by atoms with Gasteiger partial charge in [0.1, 0.15) is 23.9 Å². The number of amides is 1. The summed E-state index contributed by atoms with van der Waals surface area (Å²) < 4.78 is 44.4. The van der Waals surface area contributed by atoms with Crippen LogP contribution in [0.5, 0.6) is 5.75 Å². The molecule has 0 atom stereocenters. The van der Waals surface area contributed by atoms with Gasteiger partial charge in [0, 0.05) is 24.2 Å². The van der Waals surface area contributed by atoms with Crippen LogP contribution < -0.4 is 20.7 Å². The molecular formula is C20H17F3N6O2. The number of nitrogen functional groups attached to an aromatic ring is 1. The van der Waals surface area contributed by atoms with Crippen LogP contribution in [-0.4, -0.2) is 42.3 Å². The third-order valence-electron chi connectivity index (χ3n) is 4.95. The number of benzene rings is 1. The molecule has 31 heavy (non-hydrogen) atoms. The summed E-state index contributed by atoms with van der Waals surface area (Å²) in [5.41, 5.74) is 6.63. The number of pyridine rings is 2. The average Bonchev–Trinajstić information content (AvgIpc) is 2.75. The number of hydrogen-bond donors (Lipinski definition) is 3. The molecule has 0 saturated carbocycles. The van der Waals surface area contributed by atoms with Crippen molar-refractivity contribution in [2.75, 3.05) is 36.1 Å². The molecular weight excluding hydrogens is 413 g/mol. The molecule has 1 aliphatic rings. The summed E-state index contributed by atoms with van der Waals surface area (Å²) in [6, 6.07) is 4.48. The number of nitrogens with two attached hydrogens (primary N) is 1. The average molecular weight is 430 g/mol. The highest BCUT2D eigenvalue weighted by molar-refractivity contribution is 6.10. The molecule has 4 N–H and O–H groups in total. The maximum atomic E-state index is 13.2. The Morgan fingerprint density at radius 2 is 2.13 bits per heavy atom. The molecule has 1 amide bonds. The van der Waals surface area contributed by atoms with Crippen LogP contribution in [0, 0.1) is 5.41 Å². The molecule has 3 aromatic rings. The van der Waals surface area contributed by atoms with Crippen molar-refractivity contribution in [1.29, 1.82) is 5.41 Å². The van der Waals surface area contributed by atoms with Crippen LogP contribution in [0.4, 0.5) is 30.4 Å². The standard InChI is InChI=1S/C20H17F3N6O2/c1-26-17-12(8-24)11-7-13(27-9-14(11)28-18(17)25)19(30)29-4-5-31-16-6-10(20(21,22)23)2-3-15(16)29/h2-3,6-9,24,26H,4-5H2,1H3,(H2,25,28). The van der Waals surface area contributed by atoms with Crippen molar-refractivity contribution in [3.05, 3.63) is 47.3 Å². The number of fused-ring (bicyclic) bond motifs is 2. The molecule has 0 unspecified atom stereocenters. The Morgan fingerprint density at radius 1 is 1.35 bits per heavy atom. The fourth-order valence-corrected chi connectivity index (χ4v) is 3.49. The lowest BCUT2D eigenvalue weighted by Crippen LogP contribution is -2.38. The molecule has 2 aromatic heterocycles. The monoisotopic (exact) mass is 430 g/mol. The normalized spacial score (nSPS) is 13.5. The van der Waals surface area contributed by atoms with Crippen LogP contribution in [0.3, 0.4) is 0 Å². The van der Waals surface area contributed by atoms with Crippen LogP contribution >= 0.6 is 0 Å². The van der Waals surface area contributed by atoms with Gasteiger partial charge in [-0.2, -0.15) is 13.2 Å². The van der Waals surface area contributed by atoms with Crippen LogP contribution in [0.25, 0.3) is 10.9 Å². The van der Waals surface area contributed by atoms with Crippen LogP contribution in [0.1, 0.15) is 21.6 Å². The summed E-state index contributed by atoms with van der Waals surface area (Å²) in [6.07, 6.45) is -2.05. The molecule has 8 nitrogen and oxygen atoms in total. The molecule has 0 bridgehead atoms. The quantitative estimate of drug-likeness (QED) is 0.549. The summed E-state index contributed by atoms with van der Waals surface area (Å²) >= 11 is 0. The van der Waals surface area contributed by atoms with Crippen LogP contribution in [-0.2, 0) is 6.18 Å². The van der Waals surface area contributed by atoms with Gasteiger partial charge in [0.15, 0.2) is 0 Å². The lowest BCUT2D eigenvalue weighted by atomic mass is 10.1. The second kappa shape index (κ2) is 7.42. The Kier molecular flexibility index (Phi) is 4.88. The topological polar surface area (TPSA) is 117 Å². The first-order valence-corrected chi connectivity index (χ1v) is 9.18. The van der Waals surface area contributed by atoms with Gasteiger partial charge < -0.3 is 26.1 Å². The van der Waals surface area contributed by atoms with Gasteiger partial charge in [-0.05, 0) is 24.3 Å². The number of ether oxygens (including phenoxy) is 1. The lowest BCUT2D eigenvalue weighted by Gasteiger charge is -2.30. The fraction of sp³-hybridized carbons (Fsp3) is 0.200. The van der Waals surface area contributed by atoms with E-state index in [9.17, 15) is 18.0 Å². The minimum atomic E-state index is -4.52. The number of carbonyl (C=O) groups excluding carboxylic acids is 1. The van der Waals surface area contributed by atoms with Gasteiger partial charge >= 0.3 is 6.18 Å². The summed E-state index contributed by atoms with van der Waals surface area (Å²) in [6.45, 7) is 0.192. The molecule has 1 aliphatic heterocycles. The number of nitrogens with zero attached hydrogens (tertiary/aromatic N) is 3. The summed E-state index contributed by atoms with van der Waals surface area (Å²) in [7, 11) is 1.64. The first kappa shape index (κ1) is 20.4. The van der Waals surface area contributed by atoms with Gasteiger partial charge in [-0.15, -0.1) is 0 Å². The zero-order valence-electron chi connectivity index (χ0n) is 16.2. The number of nitrogens with one attached hydrogen (secondary N) is 2. The van der Waals surface area contributed by atoms with Crippen molar-refractivity contribution in [2.45, 2.75) is 6.18 Å². The third-order valence-corrected chi connectivity index (χ3v) is 4.95. The predicted octanol–water partition coefficient (Wildman–Crippen LogP) is 3.31. The van der Waals surface area contributed by atoms with E-state index in [0.29, 0.717) is 22.2 Å². The molecule has 3 heterocycles. The van der Waals surface area contributed by atoms with E-state index in [-0.39, 0.29) is 36.1 Å². The van der Waals surface area contributed by atoms with Crippen molar-refractivity contribution in [1.82, 2.24) is 9.97 Å². The predicted molar refractivity (Wildman–Crippen MR) is 110 cm³/mol. The second-order valence-electron chi connectivity index (χ2n) is 6.75. The molecule has 11 heteroatoms. The number of alkyl halides is 3. The summed E-state index contributed by atoms with van der Waals surface area (Å²) in [5, 5.41) is 11.1. The van der Waals surface area contributed by atoms with Gasteiger partial charge in [-0.25, -0.2) is 9.97 Å². The van der Waals surface area contributed by atoms with Gasteiger partial charge in [0.05, 0.1) is 35.2 Å². The molecule has 0 saturated heterocycles. The Balaban J connectivity index is 1.77. The van der Waals surface area contributed by atoms with Gasteiger partial charge in [-0.3, -0.25) is 4.79 Å². The number of aromatic nitrogens is 2. The Bertz CT molecular complexity index is 1210. The Hall–Kier alpha value is -3.89. The van der Waals surface area contributed by atoms with E-state index in [2.05, 4.69) is 15.3 Å². The van der Waals surface area contributed by atoms with E-state index in [0.717, 1.165) is 18.3 Å². The van der Waals surface area contributed by atoms with Crippen molar-refractivity contribution < 1.29 is 22.7 Å². The molecule has 0 aliphatic carbocycles. The van der Waals surface area contributed by atoms with E-state index in [1.165, 1.54) is 23.2 Å². The lowest BCUT2D eigenvalue weighted by molar-refractivity contribution is -0.137. The minimum Gasteiger partial charge on any atom is -0.490 e. The number of carbonyl (C=O) groups is 1. The minimum absolute atomic E-state index is 0.0256. The zero-order valence-corrected chi connectivity index (χ0v) is 16.2. The highest BCUT2D eigenvalue weighted by atomic mass is 19.4. The maximum Gasteiger partial charge on any atom is 0.416 e. The SMILES string of the molecule is CNc1c(N)nc2cnc(C(=O)N3CCOc4cc(C(F)(F)F)ccc43)cc2c1C=N. The summed E-state index contributed by atoms with van der Waals surface area (Å²) in [5.74, 6) is -0.343.